The van der Waals surface area contributed by atoms with E-state index in [0.717, 1.165) is 24.8 Å². The van der Waals surface area contributed by atoms with Gasteiger partial charge in [-0.2, -0.15) is 0 Å². The van der Waals surface area contributed by atoms with Crippen molar-refractivity contribution in [2.75, 3.05) is 13.7 Å². The van der Waals surface area contributed by atoms with Gasteiger partial charge in [-0.15, -0.1) is 0 Å². The van der Waals surface area contributed by atoms with E-state index in [4.69, 9.17) is 14.2 Å². The third kappa shape index (κ3) is 16.4. The zero-order valence-electron chi connectivity index (χ0n) is 40.6. The fourth-order valence-electron chi connectivity index (χ4n) is 9.71. The van der Waals surface area contributed by atoms with Crippen LogP contribution in [0.15, 0.2) is 35.5 Å². The van der Waals surface area contributed by atoms with Crippen molar-refractivity contribution in [3.05, 3.63) is 35.5 Å². The molecule has 13 heteroatoms. The number of piperidine rings is 1. The number of likely N-dealkylation sites (tertiary alicyclic amines) is 1. The molecule has 1 aliphatic carbocycles. The van der Waals surface area contributed by atoms with E-state index in [1.165, 1.54) is 4.90 Å². The Morgan fingerprint density at radius 1 is 0.859 bits per heavy atom. The van der Waals surface area contributed by atoms with Crippen LogP contribution in [0.1, 0.15) is 159 Å². The number of amides is 1. The number of ether oxygens (including phenoxy) is 3. The molecule has 0 bridgehead atoms. The van der Waals surface area contributed by atoms with Gasteiger partial charge in [-0.25, -0.2) is 4.79 Å². The first kappa shape index (κ1) is 55.3. The molecule has 13 nitrogen and oxygen atoms in total. The standard InChI is InChI=1S/C51H83NO12/c1-11-12-15-32(4)46(62-10)29-41-22-17-37(9)51(61,64-41)48(58)49(59)52-23-14-13-16-42(52)50(60)63-47(36(8)26-38-18-20-39(53)21-19-38)28-40(54)27-43(55)34(6)25-35(7)45(57)30-44(56)33(5)24-31(2)3/h11-12,15,25,31,33-34,36-42,45-47,53-54,57,61H,13-14,16-24,26-30H2,1-10H3/b12-11+,32-15+,35-25+/t33-,34+,36+,37+,38?,39?,40?,41-,42-,45-,46-,47-,51+/m0/s1. The van der Waals surface area contributed by atoms with Crippen molar-refractivity contribution in [1.29, 1.82) is 0 Å². The number of methoxy groups -OCH3 is 1. The van der Waals surface area contributed by atoms with Crippen LogP contribution in [0.4, 0.5) is 0 Å². The summed E-state index contributed by atoms with van der Waals surface area (Å²) in [5.41, 5.74) is 1.45. The van der Waals surface area contributed by atoms with Gasteiger partial charge in [-0.1, -0.05) is 65.8 Å². The third-order valence-corrected chi connectivity index (χ3v) is 14.0. The lowest BCUT2D eigenvalue weighted by molar-refractivity contribution is -0.265. The normalized spacial score (nSPS) is 28.2. The van der Waals surface area contributed by atoms with Crippen molar-refractivity contribution in [3.8, 4) is 0 Å². The van der Waals surface area contributed by atoms with E-state index in [0.29, 0.717) is 62.9 Å². The molecule has 2 aliphatic heterocycles. The van der Waals surface area contributed by atoms with Crippen LogP contribution in [-0.4, -0.2) is 117 Å². The summed E-state index contributed by atoms with van der Waals surface area (Å²) in [4.78, 5) is 69.8. The van der Waals surface area contributed by atoms with Crippen molar-refractivity contribution >= 4 is 29.2 Å². The first-order chi connectivity index (χ1) is 30.1. The molecule has 4 N–H and O–H groups in total. The summed E-state index contributed by atoms with van der Waals surface area (Å²) in [6.07, 6.45) is 9.80. The molecule has 1 unspecified atom stereocenters. The number of aliphatic hydroxyl groups is 4. The summed E-state index contributed by atoms with van der Waals surface area (Å²) in [6, 6.07) is -1.11. The average molecular weight is 902 g/mol. The lowest BCUT2D eigenvalue weighted by Gasteiger charge is -2.42. The lowest BCUT2D eigenvalue weighted by Crippen LogP contribution is -2.61. The van der Waals surface area contributed by atoms with E-state index in [1.54, 1.807) is 34.0 Å². The Hall–Kier alpha value is -3.07. The van der Waals surface area contributed by atoms with Crippen molar-refractivity contribution < 1.29 is 58.6 Å². The number of hydrogen-bond donors (Lipinski definition) is 4. The van der Waals surface area contributed by atoms with Crippen LogP contribution in [0.25, 0.3) is 0 Å². The quantitative estimate of drug-likeness (QED) is 0.0331. The maximum atomic E-state index is 14.2. The molecule has 0 aromatic rings. The third-order valence-electron chi connectivity index (χ3n) is 14.0. The average Bonchev–Trinajstić information content (AvgIpc) is 3.25. The molecule has 2 saturated heterocycles. The minimum absolute atomic E-state index is 0.0377. The van der Waals surface area contributed by atoms with Gasteiger partial charge in [0, 0.05) is 57.1 Å². The second kappa shape index (κ2) is 26.3. The minimum Gasteiger partial charge on any atom is -0.460 e. The Labute approximate surface area is 383 Å². The van der Waals surface area contributed by atoms with Gasteiger partial charge in [-0.05, 0) is 120 Å². The van der Waals surface area contributed by atoms with E-state index < -0.39 is 65.7 Å². The lowest BCUT2D eigenvalue weighted by atomic mass is 9.80. The van der Waals surface area contributed by atoms with Gasteiger partial charge in [0.05, 0.1) is 30.5 Å². The number of carbonyl (C=O) groups is 5. The van der Waals surface area contributed by atoms with Gasteiger partial charge in [0.2, 0.25) is 5.79 Å². The van der Waals surface area contributed by atoms with Crippen molar-refractivity contribution in [1.82, 2.24) is 4.90 Å². The van der Waals surface area contributed by atoms with Gasteiger partial charge in [0.25, 0.3) is 11.7 Å². The predicted molar refractivity (Wildman–Crippen MR) is 246 cm³/mol. The fraction of sp³-hybridized carbons (Fsp3) is 0.784. The van der Waals surface area contributed by atoms with E-state index in [1.807, 2.05) is 59.8 Å². The van der Waals surface area contributed by atoms with Crippen LogP contribution in [0.3, 0.4) is 0 Å². The number of aliphatic hydroxyl groups excluding tert-OH is 3. The smallest absolute Gasteiger partial charge is 0.329 e. The second-order valence-corrected chi connectivity index (χ2v) is 20.0. The largest absolute Gasteiger partial charge is 0.460 e. The summed E-state index contributed by atoms with van der Waals surface area (Å²) in [5.74, 6) is -6.76. The summed E-state index contributed by atoms with van der Waals surface area (Å²) in [5, 5.41) is 44.1. The number of ketones is 3. The zero-order valence-corrected chi connectivity index (χ0v) is 40.6. The maximum Gasteiger partial charge on any atom is 0.329 e. The molecular weight excluding hydrogens is 819 g/mol. The maximum absolute atomic E-state index is 14.2. The Bertz CT molecular complexity index is 1630. The second-order valence-electron chi connectivity index (χ2n) is 20.0. The molecule has 0 spiro atoms. The summed E-state index contributed by atoms with van der Waals surface area (Å²) in [6.45, 7) is 16.9. The molecule has 0 radical (unpaired) electrons. The fourth-order valence-corrected chi connectivity index (χ4v) is 9.71. The highest BCUT2D eigenvalue weighted by Gasteiger charge is 2.53. The molecule has 3 fully saturated rings. The van der Waals surface area contributed by atoms with Crippen LogP contribution in [0.5, 0.6) is 0 Å². The Kier molecular flexibility index (Phi) is 22.7. The molecule has 1 saturated carbocycles. The van der Waals surface area contributed by atoms with Crippen LogP contribution < -0.4 is 0 Å². The predicted octanol–water partition coefficient (Wildman–Crippen LogP) is 7.15. The molecular formula is C51H83NO12. The Morgan fingerprint density at radius 3 is 2.16 bits per heavy atom. The topological polar surface area (TPSA) is 197 Å². The molecule has 3 rings (SSSR count). The molecule has 1 amide bonds. The van der Waals surface area contributed by atoms with Gasteiger partial charge in [0.1, 0.15) is 23.7 Å². The summed E-state index contributed by atoms with van der Waals surface area (Å²) < 4.78 is 18.0. The van der Waals surface area contributed by atoms with Crippen LogP contribution >= 0.6 is 0 Å². The number of nitrogens with zero attached hydrogens (tertiary/aromatic N) is 1. The SMILES string of the molecule is C/C=C/C=C(\C)[C@H](C[C@@H]1CC[C@@H](C)[C@](O)(C(=O)C(=O)N2CCCC[C@H]2C(=O)O[C@@H](CC(O)CC(=O)[C@H](C)/C=C(\C)[C@@H](O)CC(=O)[C@@H](C)CC(C)C)[C@H](C)CC2CCC(O)CC2)O1)OC. The molecule has 0 aromatic heterocycles. The number of rotatable bonds is 24. The minimum atomic E-state index is -2.40. The van der Waals surface area contributed by atoms with Gasteiger partial charge < -0.3 is 39.5 Å². The van der Waals surface area contributed by atoms with Crippen LogP contribution in [0.2, 0.25) is 0 Å². The van der Waals surface area contributed by atoms with Gasteiger partial charge in [-0.3, -0.25) is 19.2 Å². The van der Waals surface area contributed by atoms with Crippen molar-refractivity contribution in [2.24, 2.45) is 35.5 Å². The van der Waals surface area contributed by atoms with Crippen LogP contribution in [-0.2, 0) is 38.2 Å². The Balaban J connectivity index is 1.76. The molecule has 0 aromatic carbocycles. The van der Waals surface area contributed by atoms with Crippen molar-refractivity contribution in [3.63, 3.8) is 0 Å². The first-order valence-electron chi connectivity index (χ1n) is 24.2. The van der Waals surface area contributed by atoms with E-state index >= 15 is 0 Å². The molecule has 3 aliphatic rings. The van der Waals surface area contributed by atoms with Gasteiger partial charge >= 0.3 is 5.97 Å². The number of carbonyl (C=O) groups excluding carboxylic acids is 5. The van der Waals surface area contributed by atoms with E-state index in [2.05, 4.69) is 0 Å². The Morgan fingerprint density at radius 2 is 1.53 bits per heavy atom. The number of esters is 1. The van der Waals surface area contributed by atoms with Gasteiger partial charge in [0.15, 0.2) is 0 Å². The van der Waals surface area contributed by atoms with Crippen LogP contribution in [0, 0.1) is 35.5 Å². The zero-order chi connectivity index (χ0) is 47.9. The molecule has 364 valence electrons. The highest BCUT2D eigenvalue weighted by molar-refractivity contribution is 6.39. The summed E-state index contributed by atoms with van der Waals surface area (Å²) in [7, 11) is 1.59. The molecule has 2 heterocycles. The van der Waals surface area contributed by atoms with Crippen molar-refractivity contribution in [2.45, 2.75) is 207 Å². The number of hydrogen-bond acceptors (Lipinski definition) is 12. The number of Topliss-reactive ketones (excluding diaryl/α,β-unsaturated/α-hetero) is 3. The first-order valence-corrected chi connectivity index (χ1v) is 24.2. The summed E-state index contributed by atoms with van der Waals surface area (Å²) >= 11 is 0. The highest BCUT2D eigenvalue weighted by atomic mass is 16.6. The molecule has 64 heavy (non-hydrogen) atoms. The van der Waals surface area contributed by atoms with E-state index in [-0.39, 0.29) is 73.8 Å². The number of allylic oxidation sites excluding steroid dienone is 4. The monoisotopic (exact) mass is 902 g/mol. The van der Waals surface area contributed by atoms with E-state index in [9.17, 15) is 44.4 Å². The molecule has 11 atom stereocenters. The highest BCUT2D eigenvalue weighted by Crippen LogP contribution is 2.37.